The van der Waals surface area contributed by atoms with Crippen LogP contribution in [0.3, 0.4) is 0 Å². The summed E-state index contributed by atoms with van der Waals surface area (Å²) in [5, 5.41) is 21.6. The second kappa shape index (κ2) is 10.1. The summed E-state index contributed by atoms with van der Waals surface area (Å²) in [6.07, 6.45) is 1.38. The molecule has 0 aromatic heterocycles. The summed E-state index contributed by atoms with van der Waals surface area (Å²) in [5.74, 6) is -3.74. The molecule has 1 atom stereocenters. The number of carbonyl (C=O) groups is 2. The number of anilines is 2. The van der Waals surface area contributed by atoms with Crippen LogP contribution in [0.15, 0.2) is 84.6 Å². The van der Waals surface area contributed by atoms with Gasteiger partial charge in [0, 0.05) is 21.5 Å². The fourth-order valence-electron chi connectivity index (χ4n) is 4.03. The van der Waals surface area contributed by atoms with Crippen molar-refractivity contribution in [2.75, 3.05) is 9.80 Å². The molecule has 0 bridgehead atoms. The maximum atomic E-state index is 13.9. The molecular weight excluding hydrogens is 507 g/mol. The van der Waals surface area contributed by atoms with Crippen molar-refractivity contribution in [1.82, 2.24) is 0 Å². The number of allylic oxidation sites excluding steroid dienone is 2. The van der Waals surface area contributed by atoms with Gasteiger partial charge in [-0.1, -0.05) is 41.4 Å². The van der Waals surface area contributed by atoms with E-state index < -0.39 is 23.7 Å². The highest BCUT2D eigenvalue weighted by Gasteiger charge is 2.49. The van der Waals surface area contributed by atoms with Gasteiger partial charge in [0.1, 0.15) is 11.7 Å². The second-order valence-corrected chi connectivity index (χ2v) is 9.19. The van der Waals surface area contributed by atoms with E-state index in [-0.39, 0.29) is 16.6 Å². The lowest BCUT2D eigenvalue weighted by atomic mass is 9.81. The summed E-state index contributed by atoms with van der Waals surface area (Å²) in [4.78, 5) is 30.4. The van der Waals surface area contributed by atoms with Gasteiger partial charge in [0.25, 0.3) is 0 Å². The molecule has 0 saturated carbocycles. The van der Waals surface area contributed by atoms with Crippen LogP contribution in [0.1, 0.15) is 18.4 Å². The SMILES string of the molecule is C/C(O)=C/C(c1ccccc1O)C1C(=O)N(c2ccc(Cl)cc2)C(=S)N(c2ccc(Cl)cc2)C1=O. The number of amides is 2. The number of nitrogens with zero attached hydrogens (tertiary/aromatic N) is 2. The van der Waals surface area contributed by atoms with Crippen LogP contribution in [0.4, 0.5) is 11.4 Å². The Morgan fingerprint density at radius 3 is 1.77 bits per heavy atom. The number of phenols is 1. The van der Waals surface area contributed by atoms with E-state index in [1.54, 1.807) is 66.7 Å². The van der Waals surface area contributed by atoms with E-state index >= 15 is 0 Å². The predicted octanol–water partition coefficient (Wildman–Crippen LogP) is 6.23. The predicted molar refractivity (Wildman–Crippen MR) is 141 cm³/mol. The molecule has 0 aliphatic carbocycles. The van der Waals surface area contributed by atoms with Crippen molar-refractivity contribution in [2.24, 2.45) is 5.92 Å². The smallest absolute Gasteiger partial charge is 0.246 e. The highest BCUT2D eigenvalue weighted by molar-refractivity contribution is 7.81. The quantitative estimate of drug-likeness (QED) is 0.234. The first-order chi connectivity index (χ1) is 16.7. The largest absolute Gasteiger partial charge is 0.513 e. The van der Waals surface area contributed by atoms with E-state index in [9.17, 15) is 19.8 Å². The van der Waals surface area contributed by atoms with Crippen molar-refractivity contribution in [1.29, 1.82) is 0 Å². The molecular formula is C26H20Cl2N2O4S. The average Bonchev–Trinajstić information content (AvgIpc) is 2.81. The first-order valence-corrected chi connectivity index (χ1v) is 11.7. The van der Waals surface area contributed by atoms with Crippen LogP contribution in [-0.2, 0) is 9.59 Å². The molecule has 1 fully saturated rings. The van der Waals surface area contributed by atoms with Gasteiger partial charge < -0.3 is 10.2 Å². The van der Waals surface area contributed by atoms with Gasteiger partial charge in [-0.2, -0.15) is 0 Å². The van der Waals surface area contributed by atoms with Crippen molar-refractivity contribution in [2.45, 2.75) is 12.8 Å². The molecule has 2 N–H and O–H groups in total. The van der Waals surface area contributed by atoms with Gasteiger partial charge in [-0.15, -0.1) is 0 Å². The summed E-state index contributed by atoms with van der Waals surface area (Å²) >= 11 is 17.7. The highest BCUT2D eigenvalue weighted by atomic mass is 35.5. The standard InChI is InChI=1S/C26H20Cl2N2O4S/c1-15(31)14-21(20-4-2-3-5-22(20)32)23-24(33)29(18-10-6-16(27)7-11-18)26(35)30(25(23)34)19-12-8-17(28)9-13-19/h2-14,21,23,31-32H,1H3/b15-14-. The summed E-state index contributed by atoms with van der Waals surface area (Å²) in [6, 6.07) is 19.3. The zero-order valence-electron chi connectivity index (χ0n) is 18.4. The van der Waals surface area contributed by atoms with Gasteiger partial charge >= 0.3 is 0 Å². The van der Waals surface area contributed by atoms with Crippen LogP contribution >= 0.6 is 35.4 Å². The normalized spacial score (nSPS) is 16.1. The van der Waals surface area contributed by atoms with Gasteiger partial charge in [-0.25, -0.2) is 0 Å². The number of benzene rings is 3. The Hall–Kier alpha value is -3.39. The Morgan fingerprint density at radius 1 is 0.886 bits per heavy atom. The van der Waals surface area contributed by atoms with Crippen molar-refractivity contribution in [3.05, 3.63) is 100 Å². The summed E-state index contributed by atoms with van der Waals surface area (Å²) in [6.45, 7) is 1.43. The fourth-order valence-corrected chi connectivity index (χ4v) is 4.67. The summed E-state index contributed by atoms with van der Waals surface area (Å²) in [7, 11) is 0. The number of carbonyl (C=O) groups excluding carboxylic acids is 2. The van der Waals surface area contributed by atoms with Crippen LogP contribution in [0.25, 0.3) is 0 Å². The van der Waals surface area contributed by atoms with E-state index in [1.807, 2.05) is 0 Å². The maximum Gasteiger partial charge on any atom is 0.246 e. The Labute approximate surface area is 217 Å². The lowest BCUT2D eigenvalue weighted by Gasteiger charge is -2.41. The summed E-state index contributed by atoms with van der Waals surface area (Å²) in [5.41, 5.74) is 1.15. The molecule has 3 aromatic rings. The van der Waals surface area contributed by atoms with Crippen molar-refractivity contribution >= 4 is 63.7 Å². The number of rotatable bonds is 5. The zero-order valence-corrected chi connectivity index (χ0v) is 20.8. The summed E-state index contributed by atoms with van der Waals surface area (Å²) < 4.78 is 0. The van der Waals surface area contributed by atoms with Gasteiger partial charge in [0.15, 0.2) is 5.11 Å². The molecule has 4 rings (SSSR count). The van der Waals surface area contributed by atoms with Crippen molar-refractivity contribution in [3.8, 4) is 5.75 Å². The Kier molecular flexibility index (Phi) is 7.12. The van der Waals surface area contributed by atoms with Crippen molar-refractivity contribution in [3.63, 3.8) is 0 Å². The molecule has 0 radical (unpaired) electrons. The molecule has 3 aromatic carbocycles. The molecule has 178 valence electrons. The molecule has 9 heteroatoms. The van der Waals surface area contributed by atoms with E-state index in [2.05, 4.69) is 0 Å². The highest BCUT2D eigenvalue weighted by Crippen LogP contribution is 2.40. The van der Waals surface area contributed by atoms with Crippen LogP contribution in [0.2, 0.25) is 10.0 Å². The molecule has 6 nitrogen and oxygen atoms in total. The van der Waals surface area contributed by atoms with Gasteiger partial charge in [-0.05, 0) is 79.8 Å². The fraction of sp³-hybridized carbons (Fsp3) is 0.115. The first-order valence-electron chi connectivity index (χ1n) is 10.6. The molecule has 1 aliphatic rings. The zero-order chi connectivity index (χ0) is 25.3. The first kappa shape index (κ1) is 24.7. The minimum Gasteiger partial charge on any atom is -0.513 e. The van der Waals surface area contributed by atoms with Crippen LogP contribution in [0, 0.1) is 5.92 Å². The molecule has 35 heavy (non-hydrogen) atoms. The number of phenolic OH excluding ortho intramolecular Hbond substituents is 1. The number of aromatic hydroxyl groups is 1. The molecule has 1 aliphatic heterocycles. The van der Waals surface area contributed by atoms with Crippen molar-refractivity contribution < 1.29 is 19.8 Å². The third-order valence-electron chi connectivity index (χ3n) is 5.60. The lowest BCUT2D eigenvalue weighted by molar-refractivity contribution is -0.132. The Balaban J connectivity index is 1.92. The molecule has 2 amide bonds. The third kappa shape index (κ3) is 4.89. The van der Waals surface area contributed by atoms with E-state index in [0.717, 1.165) is 0 Å². The van der Waals surface area contributed by atoms with Crippen LogP contribution in [-0.4, -0.2) is 27.1 Å². The van der Waals surface area contributed by atoms with E-state index in [1.165, 1.54) is 28.9 Å². The molecule has 1 unspecified atom stereocenters. The van der Waals surface area contributed by atoms with Crippen LogP contribution in [0.5, 0.6) is 5.75 Å². The third-order valence-corrected chi connectivity index (χ3v) is 6.47. The number of hydrogen-bond acceptors (Lipinski definition) is 5. The molecule has 0 spiro atoms. The monoisotopic (exact) mass is 526 g/mol. The van der Waals surface area contributed by atoms with Gasteiger partial charge in [-0.3, -0.25) is 19.4 Å². The molecule has 1 heterocycles. The second-order valence-electron chi connectivity index (χ2n) is 7.95. The topological polar surface area (TPSA) is 81.1 Å². The number of para-hydroxylation sites is 1. The number of thiocarbonyl (C=S) groups is 1. The van der Waals surface area contributed by atoms with Gasteiger partial charge in [0.2, 0.25) is 11.8 Å². The number of aliphatic hydroxyl groups excluding tert-OH is 1. The number of aliphatic hydroxyl groups is 1. The van der Waals surface area contributed by atoms with E-state index in [0.29, 0.717) is 27.0 Å². The number of hydrogen-bond donors (Lipinski definition) is 2. The van der Waals surface area contributed by atoms with Crippen LogP contribution < -0.4 is 9.80 Å². The lowest BCUT2D eigenvalue weighted by Crippen LogP contribution is -2.61. The maximum absolute atomic E-state index is 13.9. The Morgan fingerprint density at radius 2 is 1.34 bits per heavy atom. The Bertz CT molecular complexity index is 1250. The molecule has 1 saturated heterocycles. The average molecular weight is 527 g/mol. The minimum absolute atomic E-state index is 0.0402. The minimum atomic E-state index is -1.34. The van der Waals surface area contributed by atoms with Gasteiger partial charge in [0.05, 0.1) is 17.1 Å². The number of halogens is 2. The van der Waals surface area contributed by atoms with E-state index in [4.69, 9.17) is 35.4 Å².